The number of carbonyl (C=O) groups excluding carboxylic acids is 1. The molecular formula is C9H13BN2O2. The van der Waals surface area contributed by atoms with Crippen molar-refractivity contribution < 1.29 is 9.53 Å². The van der Waals surface area contributed by atoms with Gasteiger partial charge in [-0.3, -0.25) is 4.68 Å². The van der Waals surface area contributed by atoms with Gasteiger partial charge in [-0.25, -0.2) is 4.79 Å². The van der Waals surface area contributed by atoms with Crippen LogP contribution in [0.1, 0.15) is 20.8 Å². The number of hydrogen-bond donors (Lipinski definition) is 0. The number of carbonyl (C=O) groups is 1. The van der Waals surface area contributed by atoms with Gasteiger partial charge in [0.15, 0.2) is 5.54 Å². The molecule has 1 aromatic rings. The molecule has 0 saturated heterocycles. The predicted octanol–water partition coefficient (Wildman–Crippen LogP) is -0.0249. The summed E-state index contributed by atoms with van der Waals surface area (Å²) in [6.45, 7) is 5.60. The van der Waals surface area contributed by atoms with Crippen LogP contribution in [0.2, 0.25) is 0 Å². The van der Waals surface area contributed by atoms with Gasteiger partial charge in [0, 0.05) is 12.4 Å². The molecule has 2 radical (unpaired) electrons. The second-order valence-electron chi connectivity index (χ2n) is 3.50. The van der Waals surface area contributed by atoms with Crippen molar-refractivity contribution >= 4 is 19.3 Å². The van der Waals surface area contributed by atoms with Gasteiger partial charge in [-0.05, 0) is 20.8 Å². The van der Waals surface area contributed by atoms with Crippen molar-refractivity contribution in [3.05, 3.63) is 12.4 Å². The fourth-order valence-electron chi connectivity index (χ4n) is 1.04. The van der Waals surface area contributed by atoms with Crippen molar-refractivity contribution in [2.45, 2.75) is 26.3 Å². The lowest BCUT2D eigenvalue weighted by Gasteiger charge is -2.22. The maximum Gasteiger partial charge on any atom is 0.333 e. The van der Waals surface area contributed by atoms with E-state index >= 15 is 0 Å². The van der Waals surface area contributed by atoms with Gasteiger partial charge in [0.2, 0.25) is 0 Å². The van der Waals surface area contributed by atoms with Crippen LogP contribution >= 0.6 is 0 Å². The first-order chi connectivity index (χ1) is 6.48. The van der Waals surface area contributed by atoms with Crippen molar-refractivity contribution in [3.8, 4) is 0 Å². The van der Waals surface area contributed by atoms with E-state index in [0.717, 1.165) is 0 Å². The zero-order valence-electron chi connectivity index (χ0n) is 8.65. The minimum absolute atomic E-state index is 0.317. The number of nitrogens with zero attached hydrogens (tertiary/aromatic N) is 2. The highest BCUT2D eigenvalue weighted by Crippen LogP contribution is 2.14. The van der Waals surface area contributed by atoms with Crippen LogP contribution in [-0.4, -0.2) is 30.2 Å². The molecule has 0 N–H and O–H groups in total. The molecule has 0 aromatic carbocycles. The summed E-state index contributed by atoms with van der Waals surface area (Å²) in [5.74, 6) is -0.317. The third-order valence-electron chi connectivity index (χ3n) is 1.95. The molecule has 0 aliphatic carbocycles. The Kier molecular flexibility index (Phi) is 2.98. The van der Waals surface area contributed by atoms with E-state index in [0.29, 0.717) is 12.1 Å². The molecule has 0 unspecified atom stereocenters. The molecule has 0 atom stereocenters. The van der Waals surface area contributed by atoms with Crippen LogP contribution in [0.25, 0.3) is 0 Å². The summed E-state index contributed by atoms with van der Waals surface area (Å²) in [4.78, 5) is 11.6. The summed E-state index contributed by atoms with van der Waals surface area (Å²) in [6.07, 6.45) is 3.11. The van der Waals surface area contributed by atoms with Crippen LogP contribution in [0.4, 0.5) is 0 Å². The summed E-state index contributed by atoms with van der Waals surface area (Å²) in [5.41, 5.74) is -0.282. The molecule has 0 saturated carbocycles. The van der Waals surface area contributed by atoms with Gasteiger partial charge < -0.3 is 4.74 Å². The number of esters is 1. The van der Waals surface area contributed by atoms with Gasteiger partial charge in [0.05, 0.1) is 6.61 Å². The van der Waals surface area contributed by atoms with Gasteiger partial charge in [0.1, 0.15) is 7.85 Å². The maximum absolute atomic E-state index is 11.6. The normalized spacial score (nSPS) is 11.4. The Morgan fingerprint density at radius 2 is 2.36 bits per heavy atom. The number of aromatic nitrogens is 2. The van der Waals surface area contributed by atoms with E-state index in [1.165, 1.54) is 10.9 Å². The molecule has 14 heavy (non-hydrogen) atoms. The molecule has 0 spiro atoms. The Bertz CT molecular complexity index is 333. The highest BCUT2D eigenvalue weighted by Gasteiger charge is 2.31. The fraction of sp³-hybridized carbons (Fsp3) is 0.556. The van der Waals surface area contributed by atoms with E-state index in [9.17, 15) is 4.79 Å². The van der Waals surface area contributed by atoms with Gasteiger partial charge in [0.25, 0.3) is 0 Å². The van der Waals surface area contributed by atoms with Crippen LogP contribution in [0.15, 0.2) is 12.4 Å². The molecule has 0 amide bonds. The van der Waals surface area contributed by atoms with E-state index < -0.39 is 5.54 Å². The Hall–Kier alpha value is -1.26. The lowest BCUT2D eigenvalue weighted by molar-refractivity contribution is -0.152. The first-order valence-electron chi connectivity index (χ1n) is 4.46. The molecule has 1 aromatic heterocycles. The third-order valence-corrected chi connectivity index (χ3v) is 1.95. The van der Waals surface area contributed by atoms with Crippen LogP contribution in [0.3, 0.4) is 0 Å². The van der Waals surface area contributed by atoms with Gasteiger partial charge in [-0.15, -0.1) is 0 Å². The molecule has 74 valence electrons. The fourth-order valence-corrected chi connectivity index (χ4v) is 1.04. The molecule has 5 heteroatoms. The Morgan fingerprint density at radius 1 is 1.71 bits per heavy atom. The maximum atomic E-state index is 11.6. The first kappa shape index (κ1) is 10.8. The van der Waals surface area contributed by atoms with Crippen molar-refractivity contribution in [1.29, 1.82) is 0 Å². The summed E-state index contributed by atoms with van der Waals surface area (Å²) in [7, 11) is 5.51. The quantitative estimate of drug-likeness (QED) is 0.499. The Morgan fingerprint density at radius 3 is 2.79 bits per heavy atom. The number of hydrogen-bond acceptors (Lipinski definition) is 3. The zero-order chi connectivity index (χ0) is 10.8. The SMILES string of the molecule is [B]c1cnn(C(C)(C)C(=O)OCC)c1. The van der Waals surface area contributed by atoms with Gasteiger partial charge in [-0.2, -0.15) is 5.10 Å². The molecule has 0 aliphatic heterocycles. The summed E-state index contributed by atoms with van der Waals surface area (Å²) >= 11 is 0. The third kappa shape index (κ3) is 1.97. The van der Waals surface area contributed by atoms with E-state index in [1.807, 2.05) is 0 Å². The first-order valence-corrected chi connectivity index (χ1v) is 4.46. The molecule has 4 nitrogen and oxygen atoms in total. The van der Waals surface area contributed by atoms with Crippen molar-refractivity contribution in [1.82, 2.24) is 9.78 Å². The van der Waals surface area contributed by atoms with Crippen LogP contribution in [0, 0.1) is 0 Å². The lowest BCUT2D eigenvalue weighted by Crippen LogP contribution is -2.38. The van der Waals surface area contributed by atoms with Crippen molar-refractivity contribution in [3.63, 3.8) is 0 Å². The molecule has 1 heterocycles. The highest BCUT2D eigenvalue weighted by molar-refractivity contribution is 6.31. The summed E-state index contributed by atoms with van der Waals surface area (Å²) < 4.78 is 6.43. The minimum Gasteiger partial charge on any atom is -0.464 e. The van der Waals surface area contributed by atoms with Crippen LogP contribution in [0.5, 0.6) is 0 Å². The van der Waals surface area contributed by atoms with Gasteiger partial charge in [-0.1, -0.05) is 5.46 Å². The summed E-state index contributed by atoms with van der Waals surface area (Å²) in [5, 5.41) is 3.98. The van der Waals surface area contributed by atoms with E-state index in [2.05, 4.69) is 5.10 Å². The molecule has 0 aliphatic rings. The van der Waals surface area contributed by atoms with E-state index in [-0.39, 0.29) is 5.97 Å². The topological polar surface area (TPSA) is 44.1 Å². The monoisotopic (exact) mass is 192 g/mol. The lowest BCUT2D eigenvalue weighted by atomic mass is 10.0. The Labute approximate surface area is 84.7 Å². The highest BCUT2D eigenvalue weighted by atomic mass is 16.5. The number of rotatable bonds is 3. The molecule has 0 bridgehead atoms. The van der Waals surface area contributed by atoms with E-state index in [4.69, 9.17) is 12.6 Å². The van der Waals surface area contributed by atoms with Crippen molar-refractivity contribution in [2.24, 2.45) is 0 Å². The molecule has 0 fully saturated rings. The smallest absolute Gasteiger partial charge is 0.333 e. The second-order valence-corrected chi connectivity index (χ2v) is 3.50. The average Bonchev–Trinajstić information content (AvgIpc) is 2.52. The standard InChI is InChI=1S/C9H13BN2O2/c1-4-14-8(13)9(2,3)12-6-7(10)5-11-12/h5-6H,4H2,1-3H3. The minimum atomic E-state index is -0.812. The van der Waals surface area contributed by atoms with E-state index in [1.54, 1.807) is 27.0 Å². The molecule has 1 rings (SSSR count). The predicted molar refractivity (Wildman–Crippen MR) is 53.6 cm³/mol. The van der Waals surface area contributed by atoms with Crippen LogP contribution < -0.4 is 5.46 Å². The average molecular weight is 192 g/mol. The number of ether oxygens (including phenoxy) is 1. The Balaban J connectivity index is 2.89. The summed E-state index contributed by atoms with van der Waals surface area (Å²) in [6, 6.07) is 0. The molecular weight excluding hydrogens is 179 g/mol. The van der Waals surface area contributed by atoms with Crippen LogP contribution in [-0.2, 0) is 15.1 Å². The second kappa shape index (κ2) is 3.86. The van der Waals surface area contributed by atoms with Crippen molar-refractivity contribution in [2.75, 3.05) is 6.61 Å². The van der Waals surface area contributed by atoms with Gasteiger partial charge >= 0.3 is 5.97 Å². The largest absolute Gasteiger partial charge is 0.464 e. The zero-order valence-corrected chi connectivity index (χ0v) is 8.65.